The summed E-state index contributed by atoms with van der Waals surface area (Å²) in [6.45, 7) is 2.22. The largest absolute Gasteiger partial charge is 0.307 e. The summed E-state index contributed by atoms with van der Waals surface area (Å²) in [7, 11) is 0. The molecule has 0 aromatic rings. The zero-order chi connectivity index (χ0) is 10.3. The van der Waals surface area contributed by atoms with Crippen LogP contribution in [0.5, 0.6) is 0 Å². The van der Waals surface area contributed by atoms with E-state index in [1.165, 1.54) is 0 Å². The van der Waals surface area contributed by atoms with Crippen molar-refractivity contribution in [2.45, 2.75) is 6.43 Å². The Balaban J connectivity index is 0. The maximum atomic E-state index is 11.0. The van der Waals surface area contributed by atoms with Crippen molar-refractivity contribution in [3.63, 3.8) is 0 Å². The fourth-order valence-electron chi connectivity index (χ4n) is 0.0825. The van der Waals surface area contributed by atoms with Gasteiger partial charge in [-0.3, -0.25) is 0 Å². The summed E-state index contributed by atoms with van der Waals surface area (Å²) in [6.07, 6.45) is -8.49. The molecule has 0 rings (SSSR count). The van der Waals surface area contributed by atoms with Crippen LogP contribution >= 0.6 is 0 Å². The second kappa shape index (κ2) is 6.68. The Labute approximate surface area is 63.0 Å². The molecule has 0 saturated heterocycles. The normalized spacial score (nSPS) is 8.67. The lowest BCUT2D eigenvalue weighted by Gasteiger charge is -1.88. The first-order chi connectivity index (χ1) is 5.29. The Morgan fingerprint density at radius 3 is 1.17 bits per heavy atom. The smallest absolute Gasteiger partial charge is 0.202 e. The highest BCUT2D eigenvalue weighted by Crippen LogP contribution is 2.16. The van der Waals surface area contributed by atoms with Gasteiger partial charge in [0.15, 0.2) is 0 Å². The van der Waals surface area contributed by atoms with Gasteiger partial charge in [0.05, 0.1) is 0 Å². The van der Waals surface area contributed by atoms with Gasteiger partial charge in [-0.25, -0.2) is 8.78 Å². The molecule has 12 heavy (non-hydrogen) atoms. The van der Waals surface area contributed by atoms with E-state index >= 15 is 0 Å². The van der Waals surface area contributed by atoms with Crippen molar-refractivity contribution in [2.75, 3.05) is 0 Å². The molecular weight excluding hydrogens is 193 g/mol. The monoisotopic (exact) mass is 196 g/mol. The van der Waals surface area contributed by atoms with Crippen LogP contribution < -0.4 is 0 Å². The van der Waals surface area contributed by atoms with Gasteiger partial charge < -0.3 is 0 Å². The minimum Gasteiger partial charge on any atom is -0.202 e. The number of hydrogen-bond donors (Lipinski definition) is 0. The maximum Gasteiger partial charge on any atom is 0.307 e. The van der Waals surface area contributed by atoms with Gasteiger partial charge in [-0.1, -0.05) is 0 Å². The number of rotatable bonds is 1. The summed E-state index contributed by atoms with van der Waals surface area (Å²) in [5.41, 5.74) is 0. The van der Waals surface area contributed by atoms with E-state index in [1.54, 1.807) is 0 Å². The zero-order valence-corrected chi connectivity index (χ0v) is 5.43. The Morgan fingerprint density at radius 2 is 1.17 bits per heavy atom. The molecule has 0 aromatic heterocycles. The van der Waals surface area contributed by atoms with Crippen molar-refractivity contribution >= 4 is 0 Å². The highest BCUT2D eigenvalue weighted by Gasteiger charge is 2.16. The fraction of sp³-hybridized carbons (Fsp3) is 0.200. The third kappa shape index (κ3) is 11.7. The van der Waals surface area contributed by atoms with Crippen molar-refractivity contribution < 1.29 is 30.7 Å². The van der Waals surface area contributed by atoms with Crippen LogP contribution in [0.2, 0.25) is 0 Å². The molecule has 0 atom stereocenters. The number of halogens is 7. The van der Waals surface area contributed by atoms with Crippen molar-refractivity contribution in [3.8, 4) is 0 Å². The van der Waals surface area contributed by atoms with E-state index in [2.05, 4.69) is 6.58 Å². The molecule has 0 saturated carbocycles. The molecule has 0 aliphatic rings. The van der Waals surface area contributed by atoms with Gasteiger partial charge in [0.1, 0.15) is 0 Å². The lowest BCUT2D eigenvalue weighted by molar-refractivity contribution is 0.145. The van der Waals surface area contributed by atoms with Gasteiger partial charge in [-0.15, -0.1) is 0 Å². The molecular formula is C5H3F7. The topological polar surface area (TPSA) is 0 Å². The van der Waals surface area contributed by atoms with Crippen LogP contribution in [0.1, 0.15) is 0 Å². The molecule has 0 bridgehead atoms. The molecule has 0 heterocycles. The molecule has 0 unspecified atom stereocenters. The minimum atomic E-state index is -3.69. The highest BCUT2D eigenvalue weighted by molar-refractivity contribution is 4.93. The van der Waals surface area contributed by atoms with Gasteiger partial charge in [-0.05, 0) is 6.58 Å². The second-order valence-corrected chi connectivity index (χ2v) is 1.25. The number of hydrogen-bond acceptors (Lipinski definition) is 0. The van der Waals surface area contributed by atoms with Gasteiger partial charge in [0.25, 0.3) is 12.5 Å². The molecule has 0 fully saturated rings. The molecule has 0 amide bonds. The standard InChI is InChI=1S/C3HF5.C2H2F2/c4-1(2(5)6)3(7)8;1-2(3)4/h2H;1H2. The van der Waals surface area contributed by atoms with Crippen LogP contribution in [0.3, 0.4) is 0 Å². The minimum absolute atomic E-state index is 1.83. The number of alkyl halides is 2. The first kappa shape index (κ1) is 13.6. The van der Waals surface area contributed by atoms with E-state index in [0.717, 1.165) is 0 Å². The van der Waals surface area contributed by atoms with E-state index in [-0.39, 0.29) is 0 Å². The summed E-state index contributed by atoms with van der Waals surface area (Å²) < 4.78 is 74.2. The Bertz CT molecular complexity index is 163. The van der Waals surface area contributed by atoms with Crippen molar-refractivity contribution in [1.29, 1.82) is 0 Å². The SMILES string of the molecule is C=C(F)F.FC(F)=C(F)C(F)F. The van der Waals surface area contributed by atoms with Gasteiger partial charge in [0.2, 0.25) is 5.83 Å². The predicted octanol–water partition coefficient (Wildman–Crippen LogP) is 3.73. The maximum absolute atomic E-state index is 11.0. The van der Waals surface area contributed by atoms with Crippen LogP contribution in [0.25, 0.3) is 0 Å². The van der Waals surface area contributed by atoms with E-state index in [0.29, 0.717) is 0 Å². The predicted molar refractivity (Wildman–Crippen MR) is 27.7 cm³/mol. The van der Waals surface area contributed by atoms with Gasteiger partial charge in [0, 0.05) is 0 Å². The molecule has 0 radical (unpaired) electrons. The quantitative estimate of drug-likeness (QED) is 0.560. The average molecular weight is 196 g/mol. The third-order valence-corrected chi connectivity index (χ3v) is 0.372. The van der Waals surface area contributed by atoms with Crippen molar-refractivity contribution in [3.05, 3.63) is 24.6 Å². The Morgan fingerprint density at radius 1 is 0.917 bits per heavy atom. The summed E-state index contributed by atoms with van der Waals surface area (Å²) in [5, 5.41) is 0. The van der Waals surface area contributed by atoms with Crippen molar-refractivity contribution in [1.82, 2.24) is 0 Å². The third-order valence-electron chi connectivity index (χ3n) is 0.372. The summed E-state index contributed by atoms with van der Waals surface area (Å²) >= 11 is 0. The molecule has 0 aliphatic carbocycles. The molecule has 0 aromatic carbocycles. The molecule has 0 spiro atoms. The highest BCUT2D eigenvalue weighted by atomic mass is 19.3. The van der Waals surface area contributed by atoms with Crippen LogP contribution in [0.4, 0.5) is 30.7 Å². The van der Waals surface area contributed by atoms with E-state index in [4.69, 9.17) is 0 Å². The van der Waals surface area contributed by atoms with Gasteiger partial charge >= 0.3 is 6.08 Å². The van der Waals surface area contributed by atoms with Crippen LogP contribution in [-0.4, -0.2) is 6.43 Å². The zero-order valence-electron chi connectivity index (χ0n) is 5.43. The molecule has 72 valence electrons. The molecule has 0 aliphatic heterocycles. The van der Waals surface area contributed by atoms with Crippen molar-refractivity contribution in [2.24, 2.45) is 0 Å². The summed E-state index contributed by atoms with van der Waals surface area (Å²) in [6, 6.07) is 0. The Kier molecular flexibility index (Phi) is 7.56. The van der Waals surface area contributed by atoms with Crippen LogP contribution in [0.15, 0.2) is 24.6 Å². The lowest BCUT2D eigenvalue weighted by Crippen LogP contribution is -1.90. The first-order valence-electron chi connectivity index (χ1n) is 2.27. The Hall–Kier alpha value is -1.01. The molecule has 0 N–H and O–H groups in total. The summed E-state index contributed by atoms with van der Waals surface area (Å²) in [5.74, 6) is -2.65. The molecule has 0 nitrogen and oxygen atoms in total. The lowest BCUT2D eigenvalue weighted by atomic mass is 10.6. The van der Waals surface area contributed by atoms with Crippen LogP contribution in [0, 0.1) is 0 Å². The number of allylic oxidation sites excluding steroid dienone is 1. The average Bonchev–Trinajstić information content (AvgIpc) is 1.84. The summed E-state index contributed by atoms with van der Waals surface area (Å²) in [4.78, 5) is 0. The van der Waals surface area contributed by atoms with Crippen LogP contribution in [-0.2, 0) is 0 Å². The first-order valence-corrected chi connectivity index (χ1v) is 2.27. The molecule has 7 heteroatoms. The van der Waals surface area contributed by atoms with E-state index in [1.807, 2.05) is 0 Å². The van der Waals surface area contributed by atoms with E-state index < -0.39 is 24.4 Å². The fourth-order valence-corrected chi connectivity index (χ4v) is 0.0825. The van der Waals surface area contributed by atoms with E-state index in [9.17, 15) is 30.7 Å². The second-order valence-electron chi connectivity index (χ2n) is 1.25. The van der Waals surface area contributed by atoms with Gasteiger partial charge in [-0.2, -0.15) is 22.0 Å².